The molecule has 0 heterocycles. The molecule has 2 rings (SSSR count). The summed E-state index contributed by atoms with van der Waals surface area (Å²) >= 11 is 0. The molecule has 24 heavy (non-hydrogen) atoms. The predicted molar refractivity (Wildman–Crippen MR) is 101 cm³/mol. The van der Waals surface area contributed by atoms with Crippen LogP contribution in [0.25, 0.3) is 0 Å². The van der Waals surface area contributed by atoms with E-state index >= 15 is 0 Å². The van der Waals surface area contributed by atoms with Gasteiger partial charge in [-0.1, -0.05) is 68.5 Å². The van der Waals surface area contributed by atoms with E-state index in [1.807, 2.05) is 30.4 Å². The summed E-state index contributed by atoms with van der Waals surface area (Å²) in [6.45, 7) is 11.5. The standard InChI is InChI=1S/C22H28FN/c1-5-7-9-19(8-6-2)17(4)24-22(14-18-11-12-18)20-13-10-16(3)21(23)15-20/h5-10,13,15,17-18,22,24H,1-2,11-12,14H2,3-4H3/b9-7-,19-8+/t17-,22-/m0/s1. The van der Waals surface area contributed by atoms with Crippen molar-refractivity contribution in [3.8, 4) is 0 Å². The molecule has 1 saturated carbocycles. The molecular formula is C22H28FN. The van der Waals surface area contributed by atoms with Crippen molar-refractivity contribution in [1.29, 1.82) is 0 Å². The molecule has 0 saturated heterocycles. The third-order valence-electron chi connectivity index (χ3n) is 4.55. The number of hydrogen-bond donors (Lipinski definition) is 1. The molecule has 1 aliphatic rings. The van der Waals surface area contributed by atoms with Crippen molar-refractivity contribution in [3.05, 3.63) is 84.3 Å². The first-order valence-corrected chi connectivity index (χ1v) is 8.69. The van der Waals surface area contributed by atoms with Gasteiger partial charge in [-0.25, -0.2) is 4.39 Å². The lowest BCUT2D eigenvalue weighted by Gasteiger charge is -2.25. The van der Waals surface area contributed by atoms with Gasteiger partial charge in [0.1, 0.15) is 5.82 Å². The van der Waals surface area contributed by atoms with Crippen molar-refractivity contribution >= 4 is 0 Å². The van der Waals surface area contributed by atoms with Gasteiger partial charge in [0.05, 0.1) is 0 Å². The molecule has 2 atom stereocenters. The topological polar surface area (TPSA) is 12.0 Å². The molecule has 1 N–H and O–H groups in total. The SMILES string of the molecule is C=C/C=C\C(=C/C=C)[C@H](C)N[C@@H](CC1CC1)c1ccc(C)c(F)c1. The summed E-state index contributed by atoms with van der Waals surface area (Å²) in [5.41, 5.74) is 2.86. The highest BCUT2D eigenvalue weighted by Gasteiger charge is 2.27. The second kappa shape index (κ2) is 8.79. The van der Waals surface area contributed by atoms with E-state index in [0.29, 0.717) is 5.56 Å². The van der Waals surface area contributed by atoms with Crippen LogP contribution in [0, 0.1) is 18.7 Å². The van der Waals surface area contributed by atoms with Crippen LogP contribution < -0.4 is 5.32 Å². The Balaban J connectivity index is 2.19. The van der Waals surface area contributed by atoms with Gasteiger partial charge >= 0.3 is 0 Å². The van der Waals surface area contributed by atoms with Crippen LogP contribution in [0.5, 0.6) is 0 Å². The fourth-order valence-corrected chi connectivity index (χ4v) is 2.87. The maximum atomic E-state index is 14.0. The Labute approximate surface area is 145 Å². The minimum atomic E-state index is -0.129. The number of hydrogen-bond acceptors (Lipinski definition) is 1. The quantitative estimate of drug-likeness (QED) is 0.565. The molecule has 1 nitrogen and oxygen atoms in total. The average Bonchev–Trinajstić information content (AvgIpc) is 3.37. The van der Waals surface area contributed by atoms with Gasteiger partial charge in [-0.2, -0.15) is 0 Å². The van der Waals surface area contributed by atoms with Gasteiger partial charge in [0.2, 0.25) is 0 Å². The van der Waals surface area contributed by atoms with Crippen LogP contribution in [-0.4, -0.2) is 6.04 Å². The van der Waals surface area contributed by atoms with Gasteiger partial charge in [0.15, 0.2) is 0 Å². The smallest absolute Gasteiger partial charge is 0.126 e. The van der Waals surface area contributed by atoms with E-state index in [4.69, 9.17) is 0 Å². The van der Waals surface area contributed by atoms with Crippen LogP contribution in [0.1, 0.15) is 43.4 Å². The predicted octanol–water partition coefficient (Wildman–Crippen LogP) is 5.81. The number of benzene rings is 1. The Kier molecular flexibility index (Phi) is 6.74. The fraction of sp³-hybridized carbons (Fsp3) is 0.364. The molecule has 1 aromatic rings. The Hall–Kier alpha value is -1.93. The van der Waals surface area contributed by atoms with Gasteiger partial charge in [0, 0.05) is 12.1 Å². The summed E-state index contributed by atoms with van der Waals surface area (Å²) < 4.78 is 14.0. The molecule has 0 bridgehead atoms. The largest absolute Gasteiger partial charge is 0.303 e. The van der Waals surface area contributed by atoms with Crippen molar-refractivity contribution in [2.45, 2.75) is 45.2 Å². The van der Waals surface area contributed by atoms with Crippen LogP contribution in [0.3, 0.4) is 0 Å². The Bertz CT molecular complexity index is 637. The monoisotopic (exact) mass is 325 g/mol. The van der Waals surface area contributed by atoms with Gasteiger partial charge in [-0.05, 0) is 49.0 Å². The van der Waals surface area contributed by atoms with E-state index in [1.54, 1.807) is 25.1 Å². The molecule has 0 amide bonds. The zero-order valence-electron chi connectivity index (χ0n) is 14.8. The van der Waals surface area contributed by atoms with Crippen LogP contribution in [0.15, 0.2) is 67.3 Å². The van der Waals surface area contributed by atoms with Gasteiger partial charge in [-0.15, -0.1) is 0 Å². The lowest BCUT2D eigenvalue weighted by atomic mass is 9.97. The second-order valence-electron chi connectivity index (χ2n) is 6.63. The molecule has 1 aromatic carbocycles. The zero-order valence-corrected chi connectivity index (χ0v) is 14.8. The first kappa shape index (κ1) is 18.4. The van der Waals surface area contributed by atoms with Crippen LogP contribution in [0.4, 0.5) is 4.39 Å². The number of allylic oxidation sites excluding steroid dienone is 4. The number of halogens is 1. The van der Waals surface area contributed by atoms with E-state index < -0.39 is 0 Å². The highest BCUT2D eigenvalue weighted by Crippen LogP contribution is 2.38. The summed E-state index contributed by atoms with van der Waals surface area (Å²) in [6.07, 6.45) is 13.1. The first-order chi connectivity index (χ1) is 11.5. The van der Waals surface area contributed by atoms with E-state index in [9.17, 15) is 4.39 Å². The van der Waals surface area contributed by atoms with Crippen molar-refractivity contribution < 1.29 is 4.39 Å². The summed E-state index contributed by atoms with van der Waals surface area (Å²) in [5, 5.41) is 3.68. The van der Waals surface area contributed by atoms with Crippen LogP contribution in [-0.2, 0) is 0 Å². The molecule has 0 aromatic heterocycles. The molecule has 0 unspecified atom stereocenters. The van der Waals surface area contributed by atoms with E-state index in [1.165, 1.54) is 12.8 Å². The summed E-state index contributed by atoms with van der Waals surface area (Å²) in [5.74, 6) is 0.630. The van der Waals surface area contributed by atoms with Crippen molar-refractivity contribution in [2.75, 3.05) is 0 Å². The first-order valence-electron chi connectivity index (χ1n) is 8.69. The van der Waals surface area contributed by atoms with E-state index in [2.05, 4.69) is 25.4 Å². The zero-order chi connectivity index (χ0) is 17.5. The molecule has 0 radical (unpaired) electrons. The van der Waals surface area contributed by atoms with Crippen LogP contribution >= 0.6 is 0 Å². The van der Waals surface area contributed by atoms with Gasteiger partial charge in [0.25, 0.3) is 0 Å². The third kappa shape index (κ3) is 5.31. The summed E-state index contributed by atoms with van der Waals surface area (Å²) in [6, 6.07) is 5.90. The van der Waals surface area contributed by atoms with Crippen molar-refractivity contribution in [2.24, 2.45) is 5.92 Å². The molecule has 1 aliphatic carbocycles. The lowest BCUT2D eigenvalue weighted by Crippen LogP contribution is -2.32. The lowest BCUT2D eigenvalue weighted by molar-refractivity contribution is 0.443. The minimum absolute atomic E-state index is 0.129. The second-order valence-corrected chi connectivity index (χ2v) is 6.63. The Morgan fingerprint density at radius 2 is 2.08 bits per heavy atom. The molecule has 0 spiro atoms. The average molecular weight is 325 g/mol. The highest BCUT2D eigenvalue weighted by molar-refractivity contribution is 5.31. The summed E-state index contributed by atoms with van der Waals surface area (Å²) in [4.78, 5) is 0. The van der Waals surface area contributed by atoms with Crippen LogP contribution in [0.2, 0.25) is 0 Å². The van der Waals surface area contributed by atoms with E-state index in [0.717, 1.165) is 23.5 Å². The third-order valence-corrected chi connectivity index (χ3v) is 4.55. The normalized spacial score (nSPS) is 17.7. The van der Waals surface area contributed by atoms with Gasteiger partial charge < -0.3 is 5.32 Å². The molecule has 1 fully saturated rings. The number of rotatable bonds is 9. The number of nitrogens with one attached hydrogen (secondary N) is 1. The van der Waals surface area contributed by atoms with Crippen molar-refractivity contribution in [1.82, 2.24) is 5.32 Å². The van der Waals surface area contributed by atoms with E-state index in [-0.39, 0.29) is 17.9 Å². The fourth-order valence-electron chi connectivity index (χ4n) is 2.87. The summed E-state index contributed by atoms with van der Waals surface area (Å²) in [7, 11) is 0. The highest BCUT2D eigenvalue weighted by atomic mass is 19.1. The molecule has 0 aliphatic heterocycles. The Morgan fingerprint density at radius 1 is 1.33 bits per heavy atom. The minimum Gasteiger partial charge on any atom is -0.303 e. The molecule has 2 heteroatoms. The maximum Gasteiger partial charge on any atom is 0.126 e. The van der Waals surface area contributed by atoms with Gasteiger partial charge in [-0.3, -0.25) is 0 Å². The molecular weight excluding hydrogens is 297 g/mol. The number of aryl methyl sites for hydroxylation is 1. The Morgan fingerprint density at radius 3 is 2.67 bits per heavy atom. The molecule has 128 valence electrons. The maximum absolute atomic E-state index is 14.0. The van der Waals surface area contributed by atoms with Crippen molar-refractivity contribution in [3.63, 3.8) is 0 Å².